The number of hydrogen-bond acceptors (Lipinski definition) is 8. The first-order chi connectivity index (χ1) is 19.2. The van der Waals surface area contributed by atoms with Gasteiger partial charge in [0.05, 0.1) is 20.2 Å². The third-order valence-corrected chi connectivity index (χ3v) is 10.0. The van der Waals surface area contributed by atoms with Gasteiger partial charge in [0.1, 0.15) is 5.60 Å². The number of hydrogen-bond donors (Lipinski definition) is 1. The number of amides is 1. The van der Waals surface area contributed by atoms with Gasteiger partial charge in [0.25, 0.3) is 0 Å². The van der Waals surface area contributed by atoms with E-state index in [0.29, 0.717) is 31.6 Å². The van der Waals surface area contributed by atoms with Gasteiger partial charge in [0, 0.05) is 17.5 Å². The molecule has 1 N–H and O–H groups in total. The first kappa shape index (κ1) is 38.1. The van der Waals surface area contributed by atoms with Crippen molar-refractivity contribution in [1.82, 2.24) is 5.32 Å². The summed E-state index contributed by atoms with van der Waals surface area (Å²) in [6, 6.07) is 0.0409. The minimum atomic E-state index is -4.23. The number of rotatable bonds is 23. The summed E-state index contributed by atoms with van der Waals surface area (Å²) in [6.45, 7) is 6.17. The fourth-order valence-corrected chi connectivity index (χ4v) is 7.20. The Morgan fingerprint density at radius 1 is 0.756 bits per heavy atom. The topological polar surface area (TPSA) is 153 Å². The lowest BCUT2D eigenvalue weighted by molar-refractivity contribution is 0.0272. The van der Waals surface area contributed by atoms with E-state index in [2.05, 4.69) is 12.2 Å². The molecule has 41 heavy (non-hydrogen) atoms. The minimum Gasteiger partial charge on any atom is -0.748 e. The van der Waals surface area contributed by atoms with E-state index in [9.17, 15) is 30.7 Å². The molecule has 1 fully saturated rings. The third kappa shape index (κ3) is 21.4. The SMILES string of the molecule is CCCCCCCCCCCC(C)(C)OC(=O)NC1CCC(C(CCCCS(=O)(=O)[O-])CCCCS(=O)(=O)[O-])CC1. The van der Waals surface area contributed by atoms with Crippen molar-refractivity contribution in [1.29, 1.82) is 0 Å². The maximum Gasteiger partial charge on any atom is 0.407 e. The Morgan fingerprint density at radius 2 is 1.22 bits per heavy atom. The van der Waals surface area contributed by atoms with Crippen LogP contribution in [-0.2, 0) is 25.0 Å². The number of ether oxygens (including phenoxy) is 1. The van der Waals surface area contributed by atoms with Gasteiger partial charge >= 0.3 is 6.09 Å². The van der Waals surface area contributed by atoms with Crippen molar-refractivity contribution >= 4 is 26.3 Å². The first-order valence-corrected chi connectivity index (χ1v) is 19.2. The van der Waals surface area contributed by atoms with Gasteiger partial charge < -0.3 is 19.2 Å². The predicted octanol–water partition coefficient (Wildman–Crippen LogP) is 7.02. The number of carbonyl (C=O) groups excluding carboxylic acids is 1. The summed E-state index contributed by atoms with van der Waals surface area (Å²) in [4.78, 5) is 12.6. The summed E-state index contributed by atoms with van der Waals surface area (Å²) in [5.41, 5.74) is -0.511. The normalized spacial score (nSPS) is 18.5. The van der Waals surface area contributed by atoms with Gasteiger partial charge in [-0.2, -0.15) is 0 Å². The van der Waals surface area contributed by atoms with E-state index in [1.807, 2.05) is 13.8 Å². The summed E-state index contributed by atoms with van der Waals surface area (Å²) >= 11 is 0. The Morgan fingerprint density at radius 3 is 1.68 bits per heavy atom. The number of nitrogens with one attached hydrogen (secondary N) is 1. The second-order valence-corrected chi connectivity index (χ2v) is 15.8. The number of unbranched alkanes of at least 4 members (excludes halogenated alkanes) is 10. The molecule has 0 heterocycles. The molecule has 0 aromatic carbocycles. The molecule has 0 aromatic heterocycles. The van der Waals surface area contributed by atoms with Gasteiger partial charge in [-0.25, -0.2) is 21.6 Å². The van der Waals surface area contributed by atoms with Crippen molar-refractivity contribution in [2.24, 2.45) is 11.8 Å². The lowest BCUT2D eigenvalue weighted by Gasteiger charge is -2.35. The first-order valence-electron chi connectivity index (χ1n) is 16.1. The molecule has 244 valence electrons. The smallest absolute Gasteiger partial charge is 0.407 e. The van der Waals surface area contributed by atoms with Crippen molar-refractivity contribution < 1.29 is 35.5 Å². The van der Waals surface area contributed by atoms with Crippen LogP contribution in [0.4, 0.5) is 4.79 Å². The molecule has 11 heteroatoms. The van der Waals surface area contributed by atoms with Crippen LogP contribution in [0.15, 0.2) is 0 Å². The average Bonchev–Trinajstić information content (AvgIpc) is 2.85. The third-order valence-electron chi connectivity index (χ3n) is 8.45. The highest BCUT2D eigenvalue weighted by Gasteiger charge is 2.29. The van der Waals surface area contributed by atoms with Gasteiger partial charge in [-0.1, -0.05) is 84.0 Å². The Bertz CT molecular complexity index is 873. The van der Waals surface area contributed by atoms with Gasteiger partial charge in [-0.15, -0.1) is 0 Å². The minimum absolute atomic E-state index is 0.0409. The Labute approximate surface area is 250 Å². The maximum absolute atomic E-state index is 12.6. The summed E-state index contributed by atoms with van der Waals surface area (Å²) in [5, 5.41) is 3.04. The zero-order valence-electron chi connectivity index (χ0n) is 25.9. The molecular formula is C30H57NO8S2-2. The van der Waals surface area contributed by atoms with Gasteiger partial charge in [0.15, 0.2) is 0 Å². The molecule has 0 aliphatic heterocycles. The summed E-state index contributed by atoms with van der Waals surface area (Å²) in [5.74, 6) is -0.105. The van der Waals surface area contributed by atoms with Crippen LogP contribution in [0.1, 0.15) is 149 Å². The lowest BCUT2D eigenvalue weighted by atomic mass is 9.74. The standard InChI is InChI=1S/C30H59NO8S2/c1-4-5-6-7-8-9-10-11-14-23-30(2,3)39-29(32)31-28-21-19-27(20-22-28)26(17-12-15-24-40(33,34)35)18-13-16-25-41(36,37)38/h26-28H,4-25H2,1-3H3,(H,31,32)(H,33,34,35)(H,36,37,38)/p-2. The van der Waals surface area contributed by atoms with E-state index in [1.165, 1.54) is 44.9 Å². The van der Waals surface area contributed by atoms with Crippen LogP contribution >= 0.6 is 0 Å². The van der Waals surface area contributed by atoms with Gasteiger partial charge in [0.2, 0.25) is 0 Å². The highest BCUT2D eigenvalue weighted by Crippen LogP contribution is 2.36. The molecular weight excluding hydrogens is 566 g/mol. The lowest BCUT2D eigenvalue weighted by Crippen LogP contribution is -2.42. The van der Waals surface area contributed by atoms with E-state index in [4.69, 9.17) is 4.74 Å². The van der Waals surface area contributed by atoms with Crippen molar-refractivity contribution in [2.45, 2.75) is 161 Å². The highest BCUT2D eigenvalue weighted by molar-refractivity contribution is 7.85. The molecule has 1 amide bonds. The van der Waals surface area contributed by atoms with E-state index in [-0.39, 0.29) is 29.6 Å². The monoisotopic (exact) mass is 623 g/mol. The van der Waals surface area contributed by atoms with Crippen molar-refractivity contribution in [3.05, 3.63) is 0 Å². The summed E-state index contributed by atoms with van der Waals surface area (Å²) < 4.78 is 71.4. The molecule has 0 radical (unpaired) electrons. The highest BCUT2D eigenvalue weighted by atomic mass is 32.2. The van der Waals surface area contributed by atoms with Gasteiger partial charge in [-0.05, 0) is 77.0 Å². The van der Waals surface area contributed by atoms with Crippen LogP contribution < -0.4 is 5.32 Å². The van der Waals surface area contributed by atoms with Crippen LogP contribution in [0.3, 0.4) is 0 Å². The molecule has 0 bridgehead atoms. The molecule has 1 saturated carbocycles. The van der Waals surface area contributed by atoms with E-state index in [0.717, 1.165) is 57.8 Å². The van der Waals surface area contributed by atoms with E-state index >= 15 is 0 Å². The Kier molecular flexibility index (Phi) is 18.7. The van der Waals surface area contributed by atoms with Gasteiger partial charge in [-0.3, -0.25) is 0 Å². The van der Waals surface area contributed by atoms with Crippen LogP contribution in [0, 0.1) is 11.8 Å². The van der Waals surface area contributed by atoms with Crippen LogP contribution in [0.25, 0.3) is 0 Å². The van der Waals surface area contributed by atoms with Crippen LogP contribution in [0.5, 0.6) is 0 Å². The molecule has 1 rings (SSSR count). The molecule has 1 aliphatic carbocycles. The molecule has 0 aromatic rings. The molecule has 0 spiro atoms. The number of alkyl carbamates (subject to hydrolysis) is 1. The largest absolute Gasteiger partial charge is 0.748 e. The van der Waals surface area contributed by atoms with E-state index in [1.54, 1.807) is 0 Å². The number of carbonyl (C=O) groups is 1. The molecule has 1 aliphatic rings. The molecule has 0 saturated heterocycles. The molecule has 9 nitrogen and oxygen atoms in total. The second kappa shape index (κ2) is 20.1. The second-order valence-electron chi connectivity index (χ2n) is 12.8. The predicted molar refractivity (Wildman–Crippen MR) is 162 cm³/mol. The van der Waals surface area contributed by atoms with Crippen LogP contribution in [-0.4, -0.2) is 55.2 Å². The van der Waals surface area contributed by atoms with Crippen molar-refractivity contribution in [3.63, 3.8) is 0 Å². The van der Waals surface area contributed by atoms with E-state index < -0.39 is 25.8 Å². The zero-order valence-corrected chi connectivity index (χ0v) is 27.5. The fourth-order valence-electron chi connectivity index (χ4n) is 6.08. The average molecular weight is 624 g/mol. The Hall–Kier alpha value is -0.910. The maximum atomic E-state index is 12.6. The summed E-state index contributed by atoms with van der Waals surface area (Å²) in [6.07, 6.45) is 18.6. The zero-order chi connectivity index (χ0) is 30.8. The summed E-state index contributed by atoms with van der Waals surface area (Å²) in [7, 11) is -8.47. The fraction of sp³-hybridized carbons (Fsp3) is 0.967. The molecule has 0 unspecified atom stereocenters. The quantitative estimate of drug-likeness (QED) is 0.0941. The molecule has 0 atom stereocenters. The van der Waals surface area contributed by atoms with Crippen molar-refractivity contribution in [2.75, 3.05) is 11.5 Å². The van der Waals surface area contributed by atoms with Crippen LogP contribution in [0.2, 0.25) is 0 Å². The van der Waals surface area contributed by atoms with Crippen molar-refractivity contribution in [3.8, 4) is 0 Å². The Balaban J connectivity index is 2.39.